The summed E-state index contributed by atoms with van der Waals surface area (Å²) in [6.07, 6.45) is 5.04. The monoisotopic (exact) mass is 432 g/mol. The van der Waals surface area contributed by atoms with Crippen LogP contribution in [0, 0.1) is 5.92 Å². The van der Waals surface area contributed by atoms with E-state index in [-0.39, 0.29) is 11.8 Å². The van der Waals surface area contributed by atoms with Crippen molar-refractivity contribution in [3.63, 3.8) is 0 Å². The Morgan fingerprint density at radius 1 is 1.12 bits per heavy atom. The van der Waals surface area contributed by atoms with Gasteiger partial charge in [0.2, 0.25) is 0 Å². The summed E-state index contributed by atoms with van der Waals surface area (Å²) in [4.78, 5) is 8.31. The second-order valence-corrected chi connectivity index (χ2v) is 10.2. The van der Waals surface area contributed by atoms with Crippen molar-refractivity contribution in [2.45, 2.75) is 61.7 Å². The predicted molar refractivity (Wildman–Crippen MR) is 119 cm³/mol. The molecule has 32 heavy (non-hydrogen) atoms. The van der Waals surface area contributed by atoms with E-state index in [9.17, 15) is 10.2 Å². The van der Waals surface area contributed by atoms with Crippen molar-refractivity contribution in [2.75, 3.05) is 13.1 Å². The first-order valence-corrected chi connectivity index (χ1v) is 11.9. The summed E-state index contributed by atoms with van der Waals surface area (Å²) >= 11 is 0. The first kappa shape index (κ1) is 18.9. The van der Waals surface area contributed by atoms with Gasteiger partial charge < -0.3 is 19.8 Å². The number of hydrogen-bond donors (Lipinski definition) is 2. The Morgan fingerprint density at radius 2 is 1.97 bits per heavy atom. The normalized spacial score (nSPS) is 36.0. The number of hydrogen-bond acceptors (Lipinski definition) is 6. The number of nitrogens with zero attached hydrogens (tertiary/aromatic N) is 2. The number of ether oxygens (including phenoxy) is 1. The van der Waals surface area contributed by atoms with Crippen LogP contribution in [0.5, 0.6) is 17.2 Å². The lowest BCUT2D eigenvalue weighted by atomic mass is 9.49. The average Bonchev–Trinajstić information content (AvgIpc) is 3.54. The maximum atomic E-state index is 12.4. The van der Waals surface area contributed by atoms with Gasteiger partial charge in [-0.25, -0.2) is 0 Å². The van der Waals surface area contributed by atoms with Gasteiger partial charge in [0.1, 0.15) is 0 Å². The van der Waals surface area contributed by atoms with Gasteiger partial charge in [-0.15, -0.1) is 0 Å². The summed E-state index contributed by atoms with van der Waals surface area (Å²) < 4.78 is 6.46. The van der Waals surface area contributed by atoms with Crippen LogP contribution in [0.2, 0.25) is 0 Å². The van der Waals surface area contributed by atoms with Gasteiger partial charge in [-0.3, -0.25) is 4.90 Å². The highest BCUT2D eigenvalue weighted by Crippen LogP contribution is 2.65. The summed E-state index contributed by atoms with van der Waals surface area (Å²) in [5.41, 5.74) is 1.54. The predicted octanol–water partition coefficient (Wildman–Crippen LogP) is 3.39. The first-order valence-electron chi connectivity index (χ1n) is 11.9. The standard InChI is InChI=1S/C26H28N2O4/c29-20-9-8-17-14-21-26(30)11-10-19(27-32-18-4-2-1-3-5-18)24-25(26,22(17)23(20)31-24)12-13-28(21)15-16-6-7-16/h1-5,8-9,16,21,24,29-30H,6-7,10-15H2/t21-,24+,25+,26?/m1/s1. The Labute approximate surface area is 187 Å². The zero-order chi connectivity index (χ0) is 21.5. The first-order chi connectivity index (χ1) is 15.6. The van der Waals surface area contributed by atoms with E-state index in [0.29, 0.717) is 24.3 Å². The van der Waals surface area contributed by atoms with E-state index in [1.165, 1.54) is 18.4 Å². The van der Waals surface area contributed by atoms with E-state index < -0.39 is 17.1 Å². The van der Waals surface area contributed by atoms with E-state index in [4.69, 9.17) is 9.57 Å². The molecule has 6 nitrogen and oxygen atoms in total. The highest BCUT2D eigenvalue weighted by atomic mass is 16.6. The van der Waals surface area contributed by atoms with Crippen LogP contribution >= 0.6 is 0 Å². The molecule has 5 aliphatic rings. The van der Waals surface area contributed by atoms with Crippen LogP contribution in [-0.2, 0) is 11.8 Å². The van der Waals surface area contributed by atoms with Gasteiger partial charge in [-0.1, -0.05) is 29.4 Å². The molecule has 2 heterocycles. The lowest BCUT2D eigenvalue weighted by molar-refractivity contribution is -0.167. The zero-order valence-corrected chi connectivity index (χ0v) is 18.0. The number of phenolic OH excluding ortho intramolecular Hbond substituents is 1. The fourth-order valence-corrected chi connectivity index (χ4v) is 6.97. The van der Waals surface area contributed by atoms with Crippen LogP contribution in [-0.4, -0.2) is 51.7 Å². The minimum atomic E-state index is -0.900. The van der Waals surface area contributed by atoms with E-state index >= 15 is 0 Å². The van der Waals surface area contributed by atoms with Gasteiger partial charge in [0.05, 0.1) is 16.7 Å². The zero-order valence-electron chi connectivity index (χ0n) is 18.0. The largest absolute Gasteiger partial charge is 0.504 e. The molecule has 1 saturated heterocycles. The Morgan fingerprint density at radius 3 is 2.78 bits per heavy atom. The van der Waals surface area contributed by atoms with Crippen molar-refractivity contribution in [1.82, 2.24) is 4.90 Å². The molecule has 0 radical (unpaired) electrons. The summed E-state index contributed by atoms with van der Waals surface area (Å²) in [7, 11) is 0. The van der Waals surface area contributed by atoms with E-state index in [1.807, 2.05) is 36.4 Å². The minimum Gasteiger partial charge on any atom is -0.504 e. The van der Waals surface area contributed by atoms with Crippen molar-refractivity contribution < 1.29 is 19.8 Å². The van der Waals surface area contributed by atoms with Crippen molar-refractivity contribution in [2.24, 2.45) is 11.1 Å². The molecular formula is C26H28N2O4. The second kappa shape index (κ2) is 6.49. The molecule has 0 aromatic heterocycles. The van der Waals surface area contributed by atoms with Crippen molar-refractivity contribution >= 4 is 5.71 Å². The Bertz CT molecular complexity index is 1110. The number of piperidine rings is 1. The third-order valence-corrected chi connectivity index (χ3v) is 8.59. The number of rotatable bonds is 4. The van der Waals surface area contributed by atoms with Crippen molar-refractivity contribution in [3.8, 4) is 17.2 Å². The molecule has 2 N–H and O–H groups in total. The topological polar surface area (TPSA) is 74.5 Å². The lowest BCUT2D eigenvalue weighted by Crippen LogP contribution is -2.76. The molecule has 1 spiro atoms. The Hall–Kier alpha value is -2.57. The van der Waals surface area contributed by atoms with Crippen LogP contribution < -0.4 is 9.57 Å². The van der Waals surface area contributed by atoms with Gasteiger partial charge in [-0.2, -0.15) is 0 Å². The van der Waals surface area contributed by atoms with Crippen LogP contribution in [0.25, 0.3) is 0 Å². The lowest BCUT2D eigenvalue weighted by Gasteiger charge is -2.63. The van der Waals surface area contributed by atoms with Gasteiger partial charge >= 0.3 is 0 Å². The highest BCUT2D eigenvalue weighted by Gasteiger charge is 2.72. The summed E-state index contributed by atoms with van der Waals surface area (Å²) in [6.45, 7) is 2.01. The fraction of sp³-hybridized carbons (Fsp3) is 0.500. The quantitative estimate of drug-likeness (QED) is 0.725. The number of likely N-dealkylation sites (tertiary alicyclic amines) is 1. The minimum absolute atomic E-state index is 0.0718. The molecule has 2 aromatic rings. The molecule has 7 rings (SSSR count). The molecule has 2 aromatic carbocycles. The SMILES string of the molecule is Oc1ccc2c3c1O[C@H]1C(=NOc4ccccc4)CCC4(O)[C@@H](C2)N(CC2CC2)CC[C@]314. The van der Waals surface area contributed by atoms with E-state index in [1.54, 1.807) is 6.07 Å². The van der Waals surface area contributed by atoms with Gasteiger partial charge in [0.25, 0.3) is 0 Å². The molecule has 3 fully saturated rings. The maximum absolute atomic E-state index is 12.4. The van der Waals surface area contributed by atoms with Gasteiger partial charge in [0, 0.05) is 18.2 Å². The molecule has 0 amide bonds. The highest BCUT2D eigenvalue weighted by molar-refractivity contribution is 5.94. The van der Waals surface area contributed by atoms with E-state index in [2.05, 4.69) is 10.1 Å². The Kier molecular flexibility index (Phi) is 3.84. The van der Waals surface area contributed by atoms with Gasteiger partial charge in [0.15, 0.2) is 23.4 Å². The maximum Gasteiger partial charge on any atom is 0.166 e. The summed E-state index contributed by atoms with van der Waals surface area (Å²) in [5, 5.41) is 27.6. The number of benzene rings is 2. The molecule has 4 atom stereocenters. The smallest absolute Gasteiger partial charge is 0.166 e. The number of aromatic hydroxyl groups is 1. The van der Waals surface area contributed by atoms with Crippen LogP contribution in [0.3, 0.4) is 0 Å². The molecule has 2 aliphatic heterocycles. The summed E-state index contributed by atoms with van der Waals surface area (Å²) in [6, 6.07) is 13.4. The number of phenols is 1. The number of aliphatic hydroxyl groups is 1. The molecule has 6 heteroatoms. The number of oxime groups is 1. The molecular weight excluding hydrogens is 404 g/mol. The molecule has 2 saturated carbocycles. The van der Waals surface area contributed by atoms with Gasteiger partial charge in [-0.05, 0) is 74.8 Å². The third-order valence-electron chi connectivity index (χ3n) is 8.59. The van der Waals surface area contributed by atoms with Crippen LogP contribution in [0.4, 0.5) is 0 Å². The van der Waals surface area contributed by atoms with Crippen molar-refractivity contribution in [3.05, 3.63) is 53.6 Å². The van der Waals surface area contributed by atoms with Crippen molar-refractivity contribution in [1.29, 1.82) is 0 Å². The second-order valence-electron chi connectivity index (χ2n) is 10.2. The molecule has 166 valence electrons. The molecule has 2 bridgehead atoms. The third kappa shape index (κ3) is 2.40. The molecule has 1 unspecified atom stereocenters. The van der Waals surface area contributed by atoms with E-state index in [0.717, 1.165) is 43.1 Å². The van der Waals surface area contributed by atoms with Crippen LogP contribution in [0.1, 0.15) is 43.2 Å². The average molecular weight is 433 g/mol. The Balaban J connectivity index is 1.34. The summed E-state index contributed by atoms with van der Waals surface area (Å²) in [5.74, 6) is 2.14. The van der Waals surface area contributed by atoms with Crippen LogP contribution in [0.15, 0.2) is 47.6 Å². The fourth-order valence-electron chi connectivity index (χ4n) is 6.97. The number of para-hydroxylation sites is 1. The molecule has 3 aliphatic carbocycles.